The summed E-state index contributed by atoms with van der Waals surface area (Å²) in [4.78, 5) is 21.5. The van der Waals surface area contributed by atoms with E-state index in [-0.39, 0.29) is 24.9 Å². The van der Waals surface area contributed by atoms with E-state index in [1.807, 2.05) is 34.6 Å². The fourth-order valence-electron chi connectivity index (χ4n) is 0.935. The molecule has 0 rings (SSSR count). The van der Waals surface area contributed by atoms with Crippen molar-refractivity contribution in [3.8, 4) is 11.8 Å². The highest BCUT2D eigenvalue weighted by Crippen LogP contribution is 2.17. The van der Waals surface area contributed by atoms with Gasteiger partial charge in [0.25, 0.3) is 0 Å². The van der Waals surface area contributed by atoms with Crippen LogP contribution in [0.25, 0.3) is 0 Å². The number of esters is 1. The fraction of sp³-hybridized carbons (Fsp3) is 0.714. The molecular weight excluding hydrogens is 232 g/mol. The van der Waals surface area contributed by atoms with E-state index in [9.17, 15) is 9.59 Å². The molecule has 0 amide bonds. The van der Waals surface area contributed by atoms with E-state index in [0.717, 1.165) is 0 Å². The van der Waals surface area contributed by atoms with E-state index in [0.29, 0.717) is 0 Å². The van der Waals surface area contributed by atoms with Gasteiger partial charge in [0.15, 0.2) is 0 Å². The minimum absolute atomic E-state index is 0.0927. The van der Waals surface area contributed by atoms with Crippen LogP contribution in [0.4, 0.5) is 0 Å². The van der Waals surface area contributed by atoms with Crippen molar-refractivity contribution in [1.29, 1.82) is 0 Å². The number of carboxylic acid groups (broad SMARTS) is 1. The van der Waals surface area contributed by atoms with Gasteiger partial charge in [0.2, 0.25) is 0 Å². The summed E-state index contributed by atoms with van der Waals surface area (Å²) in [5.41, 5.74) is -0.517. The van der Waals surface area contributed by atoms with Crippen LogP contribution in [0.2, 0.25) is 0 Å². The molecule has 0 aromatic heterocycles. The molecule has 0 aliphatic heterocycles. The first-order valence-electron chi connectivity index (χ1n) is 5.94. The molecule has 0 aromatic carbocycles. The van der Waals surface area contributed by atoms with Crippen LogP contribution < -0.4 is 0 Å². The minimum atomic E-state index is -1.00. The van der Waals surface area contributed by atoms with Crippen molar-refractivity contribution in [2.75, 3.05) is 6.61 Å². The van der Waals surface area contributed by atoms with Gasteiger partial charge in [-0.2, -0.15) is 0 Å². The summed E-state index contributed by atoms with van der Waals surface area (Å²) in [5.74, 6) is 4.68. The Balaban J connectivity index is 4.21. The van der Waals surface area contributed by atoms with Gasteiger partial charge in [0.1, 0.15) is 6.61 Å². The van der Waals surface area contributed by atoms with Gasteiger partial charge in [-0.1, -0.05) is 11.8 Å². The molecule has 1 N–H and O–H groups in total. The Morgan fingerprint density at radius 2 is 1.61 bits per heavy atom. The van der Waals surface area contributed by atoms with Crippen LogP contribution in [-0.4, -0.2) is 23.7 Å². The van der Waals surface area contributed by atoms with Crippen LogP contribution >= 0.6 is 0 Å². The lowest BCUT2D eigenvalue weighted by Crippen LogP contribution is -2.21. The molecule has 0 aromatic rings. The number of aliphatic carboxylic acids is 1. The predicted molar refractivity (Wildman–Crippen MR) is 68.8 cm³/mol. The first-order chi connectivity index (χ1) is 8.02. The molecule has 4 nitrogen and oxygen atoms in total. The zero-order valence-corrected chi connectivity index (χ0v) is 11.8. The van der Waals surface area contributed by atoms with Crippen molar-refractivity contribution in [1.82, 2.24) is 0 Å². The van der Waals surface area contributed by atoms with Gasteiger partial charge < -0.3 is 9.84 Å². The fourth-order valence-corrected chi connectivity index (χ4v) is 0.935. The van der Waals surface area contributed by atoms with Crippen LogP contribution in [-0.2, 0) is 14.3 Å². The third-order valence-corrected chi connectivity index (χ3v) is 1.91. The molecule has 0 spiro atoms. The predicted octanol–water partition coefficient (Wildman–Crippen LogP) is 2.47. The van der Waals surface area contributed by atoms with E-state index in [4.69, 9.17) is 9.84 Å². The maximum absolute atomic E-state index is 11.3. The first-order valence-corrected chi connectivity index (χ1v) is 5.94. The highest BCUT2D eigenvalue weighted by atomic mass is 16.5. The SMILES string of the molecule is CC(C)(C)C#CC(C)(C)COC(=O)CCC(=O)O. The Morgan fingerprint density at radius 3 is 2.06 bits per heavy atom. The molecule has 0 radical (unpaired) electrons. The summed E-state index contributed by atoms with van der Waals surface area (Å²) in [6, 6.07) is 0. The van der Waals surface area contributed by atoms with Gasteiger partial charge >= 0.3 is 11.9 Å². The van der Waals surface area contributed by atoms with E-state index >= 15 is 0 Å². The maximum atomic E-state index is 11.3. The Kier molecular flexibility index (Phi) is 5.90. The van der Waals surface area contributed by atoms with Crippen LogP contribution in [0.15, 0.2) is 0 Å². The van der Waals surface area contributed by atoms with Gasteiger partial charge in [0.05, 0.1) is 18.3 Å². The molecule has 0 aliphatic carbocycles. The van der Waals surface area contributed by atoms with Crippen molar-refractivity contribution in [3.05, 3.63) is 0 Å². The standard InChI is InChI=1S/C14H22O4/c1-13(2,3)8-9-14(4,5)10-18-12(17)7-6-11(15)16/h6-7,10H2,1-5H3,(H,15,16). The van der Waals surface area contributed by atoms with E-state index < -0.39 is 17.4 Å². The van der Waals surface area contributed by atoms with Crippen LogP contribution in [0.1, 0.15) is 47.5 Å². The number of carbonyl (C=O) groups is 2. The van der Waals surface area contributed by atoms with Gasteiger partial charge in [-0.05, 0) is 34.6 Å². The molecule has 0 bridgehead atoms. The second-order valence-corrected chi connectivity index (χ2v) is 5.94. The molecule has 0 saturated carbocycles. The summed E-state index contributed by atoms with van der Waals surface area (Å²) >= 11 is 0. The second-order valence-electron chi connectivity index (χ2n) is 5.94. The molecule has 0 saturated heterocycles. The van der Waals surface area contributed by atoms with Crippen LogP contribution in [0.5, 0.6) is 0 Å². The highest BCUT2D eigenvalue weighted by molar-refractivity contribution is 5.76. The Labute approximate surface area is 109 Å². The van der Waals surface area contributed by atoms with Crippen LogP contribution in [0.3, 0.4) is 0 Å². The number of carbonyl (C=O) groups excluding carboxylic acids is 1. The summed E-state index contributed by atoms with van der Waals surface area (Å²) in [5, 5.41) is 8.43. The third-order valence-electron chi connectivity index (χ3n) is 1.91. The molecule has 18 heavy (non-hydrogen) atoms. The third kappa shape index (κ3) is 9.71. The summed E-state index contributed by atoms with van der Waals surface area (Å²) in [6.45, 7) is 9.97. The lowest BCUT2D eigenvalue weighted by Gasteiger charge is -2.18. The number of ether oxygens (including phenoxy) is 1. The van der Waals surface area contributed by atoms with Gasteiger partial charge in [-0.3, -0.25) is 9.59 Å². The van der Waals surface area contributed by atoms with Gasteiger partial charge in [0, 0.05) is 5.41 Å². The van der Waals surface area contributed by atoms with Crippen molar-refractivity contribution >= 4 is 11.9 Å². The number of hydrogen-bond acceptors (Lipinski definition) is 3. The van der Waals surface area contributed by atoms with Crippen molar-refractivity contribution in [3.63, 3.8) is 0 Å². The minimum Gasteiger partial charge on any atom is -0.481 e. The Hall–Kier alpha value is -1.50. The zero-order valence-electron chi connectivity index (χ0n) is 11.8. The van der Waals surface area contributed by atoms with E-state index in [2.05, 4.69) is 11.8 Å². The van der Waals surface area contributed by atoms with E-state index in [1.54, 1.807) is 0 Å². The van der Waals surface area contributed by atoms with Gasteiger partial charge in [-0.25, -0.2) is 0 Å². The molecular formula is C14H22O4. The topological polar surface area (TPSA) is 63.6 Å². The monoisotopic (exact) mass is 254 g/mol. The van der Waals surface area contributed by atoms with Crippen molar-refractivity contribution in [2.24, 2.45) is 10.8 Å². The molecule has 0 aliphatic rings. The average molecular weight is 254 g/mol. The lowest BCUT2D eigenvalue weighted by atomic mass is 9.91. The molecule has 4 heteroatoms. The summed E-state index contributed by atoms with van der Waals surface area (Å²) < 4.78 is 5.02. The van der Waals surface area contributed by atoms with E-state index in [1.165, 1.54) is 0 Å². The van der Waals surface area contributed by atoms with Crippen molar-refractivity contribution in [2.45, 2.75) is 47.5 Å². The normalized spacial score (nSPS) is 11.4. The molecule has 0 heterocycles. The zero-order chi connectivity index (χ0) is 14.4. The molecule has 0 atom stereocenters. The molecule has 102 valence electrons. The van der Waals surface area contributed by atoms with Crippen LogP contribution in [0, 0.1) is 22.7 Å². The Bertz CT molecular complexity index is 363. The average Bonchev–Trinajstić information content (AvgIpc) is 2.20. The summed E-state index contributed by atoms with van der Waals surface area (Å²) in [7, 11) is 0. The number of hydrogen-bond donors (Lipinski definition) is 1. The molecule has 0 unspecified atom stereocenters. The summed E-state index contributed by atoms with van der Waals surface area (Å²) in [6.07, 6.45) is -0.301. The smallest absolute Gasteiger partial charge is 0.306 e. The quantitative estimate of drug-likeness (QED) is 0.604. The highest BCUT2D eigenvalue weighted by Gasteiger charge is 2.18. The van der Waals surface area contributed by atoms with Gasteiger partial charge in [-0.15, -0.1) is 0 Å². The molecule has 0 fully saturated rings. The largest absolute Gasteiger partial charge is 0.481 e. The maximum Gasteiger partial charge on any atom is 0.306 e. The second kappa shape index (κ2) is 6.44. The van der Waals surface area contributed by atoms with Crippen molar-refractivity contribution < 1.29 is 19.4 Å². The lowest BCUT2D eigenvalue weighted by molar-refractivity contribution is -0.149. The number of carboxylic acids is 1. The first kappa shape index (κ1) is 16.5. The Morgan fingerprint density at radius 1 is 1.06 bits per heavy atom. The number of rotatable bonds is 5.